The fraction of sp³-hybridized carbons (Fsp3) is 0.500. The zero-order valence-corrected chi connectivity index (χ0v) is 8.72. The molecule has 1 aromatic rings. The highest BCUT2D eigenvalue weighted by atomic mass is 16.5. The first-order valence-corrected chi connectivity index (χ1v) is 5.19. The van der Waals surface area contributed by atoms with Gasteiger partial charge in [0.05, 0.1) is 6.20 Å². The second-order valence-electron chi connectivity index (χ2n) is 3.77. The van der Waals surface area contributed by atoms with Crippen LogP contribution in [0.5, 0.6) is 5.88 Å². The number of carboxylic acids is 1. The molecule has 86 valence electrons. The number of ether oxygens (including phenoxy) is 1. The van der Waals surface area contributed by atoms with E-state index in [1.807, 2.05) is 0 Å². The topological polar surface area (TPSA) is 98.3 Å². The third kappa shape index (κ3) is 2.21. The molecule has 1 aromatic heterocycles. The first-order valence-electron chi connectivity index (χ1n) is 5.19. The minimum Gasteiger partial charge on any atom is -0.476 e. The standard InChI is InChI=1S/C10H13N3O3/c11-9-8(10(14)15)12-5-7(13-9)16-6-3-1-2-4-6/h5-6H,1-4H2,(H2,11,13)(H,14,15). The molecular weight excluding hydrogens is 210 g/mol. The molecular formula is C10H13N3O3. The number of anilines is 1. The summed E-state index contributed by atoms with van der Waals surface area (Å²) in [5, 5.41) is 8.72. The van der Waals surface area contributed by atoms with Crippen molar-refractivity contribution in [1.29, 1.82) is 0 Å². The highest BCUT2D eigenvalue weighted by Crippen LogP contribution is 2.23. The summed E-state index contributed by atoms with van der Waals surface area (Å²) < 4.78 is 5.54. The fourth-order valence-electron chi connectivity index (χ4n) is 1.78. The quantitative estimate of drug-likeness (QED) is 0.795. The Bertz CT molecular complexity index is 402. The summed E-state index contributed by atoms with van der Waals surface area (Å²) >= 11 is 0. The van der Waals surface area contributed by atoms with E-state index in [9.17, 15) is 4.79 Å². The fourth-order valence-corrected chi connectivity index (χ4v) is 1.78. The number of hydrogen-bond acceptors (Lipinski definition) is 5. The van der Waals surface area contributed by atoms with Gasteiger partial charge in [0, 0.05) is 0 Å². The van der Waals surface area contributed by atoms with Crippen LogP contribution in [0.4, 0.5) is 5.82 Å². The van der Waals surface area contributed by atoms with Crippen molar-refractivity contribution in [3.63, 3.8) is 0 Å². The lowest BCUT2D eigenvalue weighted by Crippen LogP contribution is -2.14. The molecule has 0 radical (unpaired) electrons. The molecule has 3 N–H and O–H groups in total. The summed E-state index contributed by atoms with van der Waals surface area (Å²) in [7, 11) is 0. The van der Waals surface area contributed by atoms with E-state index in [1.54, 1.807) is 0 Å². The van der Waals surface area contributed by atoms with Crippen molar-refractivity contribution in [2.75, 3.05) is 5.73 Å². The van der Waals surface area contributed by atoms with Crippen LogP contribution in [0.15, 0.2) is 6.20 Å². The third-order valence-corrected chi connectivity index (χ3v) is 2.57. The highest BCUT2D eigenvalue weighted by molar-refractivity contribution is 5.90. The number of nitrogens with zero attached hydrogens (tertiary/aromatic N) is 2. The number of aromatic nitrogens is 2. The second-order valence-corrected chi connectivity index (χ2v) is 3.77. The van der Waals surface area contributed by atoms with Gasteiger partial charge in [0.25, 0.3) is 0 Å². The van der Waals surface area contributed by atoms with E-state index >= 15 is 0 Å². The summed E-state index contributed by atoms with van der Waals surface area (Å²) in [6.07, 6.45) is 5.77. The summed E-state index contributed by atoms with van der Waals surface area (Å²) in [6.45, 7) is 0. The average molecular weight is 223 g/mol. The molecule has 0 bridgehead atoms. The van der Waals surface area contributed by atoms with Gasteiger partial charge in [0.1, 0.15) is 6.10 Å². The van der Waals surface area contributed by atoms with E-state index in [0.29, 0.717) is 5.88 Å². The van der Waals surface area contributed by atoms with Crippen molar-refractivity contribution in [2.24, 2.45) is 0 Å². The largest absolute Gasteiger partial charge is 0.476 e. The third-order valence-electron chi connectivity index (χ3n) is 2.57. The van der Waals surface area contributed by atoms with Crippen LogP contribution in [0.1, 0.15) is 36.2 Å². The van der Waals surface area contributed by atoms with Crippen LogP contribution in [0.3, 0.4) is 0 Å². The van der Waals surface area contributed by atoms with E-state index < -0.39 is 5.97 Å². The van der Waals surface area contributed by atoms with E-state index in [0.717, 1.165) is 25.7 Å². The van der Waals surface area contributed by atoms with Gasteiger partial charge in [-0.05, 0) is 25.7 Å². The average Bonchev–Trinajstić information content (AvgIpc) is 2.70. The van der Waals surface area contributed by atoms with Crippen molar-refractivity contribution < 1.29 is 14.6 Å². The predicted octanol–water partition coefficient (Wildman–Crippen LogP) is 1.08. The van der Waals surface area contributed by atoms with Crippen LogP contribution in [0.25, 0.3) is 0 Å². The van der Waals surface area contributed by atoms with Gasteiger partial charge in [-0.15, -0.1) is 0 Å². The maximum atomic E-state index is 10.7. The highest BCUT2D eigenvalue weighted by Gasteiger charge is 2.18. The smallest absolute Gasteiger partial charge is 0.358 e. The molecule has 1 fully saturated rings. The maximum Gasteiger partial charge on any atom is 0.358 e. The molecule has 0 amide bonds. The zero-order valence-electron chi connectivity index (χ0n) is 8.72. The summed E-state index contributed by atoms with van der Waals surface area (Å²) in [5.74, 6) is -0.991. The lowest BCUT2D eigenvalue weighted by atomic mass is 10.3. The number of rotatable bonds is 3. The molecule has 2 rings (SSSR count). The van der Waals surface area contributed by atoms with Crippen LogP contribution in [-0.4, -0.2) is 27.1 Å². The summed E-state index contributed by atoms with van der Waals surface area (Å²) in [5.41, 5.74) is 5.22. The van der Waals surface area contributed by atoms with Crippen LogP contribution in [0.2, 0.25) is 0 Å². The number of nitrogen functional groups attached to an aromatic ring is 1. The van der Waals surface area contributed by atoms with Gasteiger partial charge < -0.3 is 15.6 Å². The van der Waals surface area contributed by atoms with Gasteiger partial charge in [-0.25, -0.2) is 9.78 Å². The Hall–Kier alpha value is -1.85. The molecule has 0 aliphatic heterocycles. The molecule has 0 unspecified atom stereocenters. The van der Waals surface area contributed by atoms with Crippen LogP contribution in [0, 0.1) is 0 Å². The number of nitrogens with two attached hydrogens (primary N) is 1. The first-order chi connectivity index (χ1) is 7.66. The summed E-state index contributed by atoms with van der Waals surface area (Å²) in [6, 6.07) is 0. The molecule has 16 heavy (non-hydrogen) atoms. The Labute approximate surface area is 92.5 Å². The zero-order chi connectivity index (χ0) is 11.5. The number of carboxylic acid groups (broad SMARTS) is 1. The molecule has 0 atom stereocenters. The van der Waals surface area contributed by atoms with Crippen molar-refractivity contribution in [3.05, 3.63) is 11.9 Å². The van der Waals surface area contributed by atoms with Crippen molar-refractivity contribution in [1.82, 2.24) is 9.97 Å². The molecule has 6 heteroatoms. The van der Waals surface area contributed by atoms with E-state index in [4.69, 9.17) is 15.6 Å². The predicted molar refractivity (Wildman–Crippen MR) is 56.3 cm³/mol. The molecule has 1 aliphatic carbocycles. The summed E-state index contributed by atoms with van der Waals surface area (Å²) in [4.78, 5) is 18.2. The normalized spacial score (nSPS) is 16.2. The van der Waals surface area contributed by atoms with Gasteiger partial charge in [-0.3, -0.25) is 0 Å². The Morgan fingerprint density at radius 1 is 1.50 bits per heavy atom. The molecule has 6 nitrogen and oxygen atoms in total. The maximum absolute atomic E-state index is 10.7. The Balaban J connectivity index is 2.11. The van der Waals surface area contributed by atoms with Gasteiger partial charge >= 0.3 is 5.97 Å². The van der Waals surface area contributed by atoms with Crippen LogP contribution in [-0.2, 0) is 0 Å². The van der Waals surface area contributed by atoms with Gasteiger partial charge in [-0.1, -0.05) is 0 Å². The monoisotopic (exact) mass is 223 g/mol. The molecule has 0 spiro atoms. The van der Waals surface area contributed by atoms with Crippen molar-refractivity contribution in [3.8, 4) is 5.88 Å². The number of hydrogen-bond donors (Lipinski definition) is 2. The van der Waals surface area contributed by atoms with Gasteiger partial charge in [0.2, 0.25) is 5.88 Å². The van der Waals surface area contributed by atoms with Gasteiger partial charge in [0.15, 0.2) is 11.5 Å². The minimum absolute atomic E-state index is 0.108. The van der Waals surface area contributed by atoms with E-state index in [2.05, 4.69) is 9.97 Å². The number of aromatic carboxylic acids is 1. The van der Waals surface area contributed by atoms with Crippen LogP contribution < -0.4 is 10.5 Å². The minimum atomic E-state index is -1.18. The lowest BCUT2D eigenvalue weighted by molar-refractivity contribution is 0.0691. The SMILES string of the molecule is Nc1nc(OC2CCCC2)cnc1C(=O)O. The molecule has 0 saturated heterocycles. The second kappa shape index (κ2) is 4.34. The van der Waals surface area contributed by atoms with Crippen molar-refractivity contribution >= 4 is 11.8 Å². The molecule has 0 aromatic carbocycles. The molecule has 1 aliphatic rings. The van der Waals surface area contributed by atoms with Crippen molar-refractivity contribution in [2.45, 2.75) is 31.8 Å². The Morgan fingerprint density at radius 3 is 2.75 bits per heavy atom. The molecule has 1 heterocycles. The lowest BCUT2D eigenvalue weighted by Gasteiger charge is -2.11. The Kier molecular flexibility index (Phi) is 2.89. The van der Waals surface area contributed by atoms with Gasteiger partial charge in [-0.2, -0.15) is 4.98 Å². The molecule has 1 saturated carbocycles. The van der Waals surface area contributed by atoms with E-state index in [1.165, 1.54) is 6.20 Å². The number of carbonyl (C=O) groups is 1. The Morgan fingerprint density at radius 2 is 2.19 bits per heavy atom. The first kappa shape index (κ1) is 10.7. The van der Waals surface area contributed by atoms with E-state index in [-0.39, 0.29) is 17.6 Å². The van der Waals surface area contributed by atoms with Crippen LogP contribution >= 0.6 is 0 Å².